The molecule has 1 aromatic heterocycles. The minimum absolute atomic E-state index is 0.240. The first-order chi connectivity index (χ1) is 8.75. The Kier molecular flexibility index (Phi) is 2.30. The molecule has 5 heteroatoms. The third-order valence-corrected chi connectivity index (χ3v) is 2.68. The van der Waals surface area contributed by atoms with E-state index < -0.39 is 0 Å². The number of nitrogens with zero attached hydrogens (tertiary/aromatic N) is 3. The van der Waals surface area contributed by atoms with E-state index in [-0.39, 0.29) is 5.91 Å². The van der Waals surface area contributed by atoms with Gasteiger partial charge in [0.1, 0.15) is 5.52 Å². The number of rotatable bonds is 1. The summed E-state index contributed by atoms with van der Waals surface area (Å²) >= 11 is 0. The van der Waals surface area contributed by atoms with Crippen molar-refractivity contribution in [3.63, 3.8) is 0 Å². The van der Waals surface area contributed by atoms with Crippen molar-refractivity contribution in [2.75, 3.05) is 5.73 Å². The average Bonchev–Trinajstić information content (AvgIpc) is 2.82. The molecule has 1 heterocycles. The van der Waals surface area contributed by atoms with E-state index in [2.05, 4.69) is 10.3 Å². The molecule has 88 valence electrons. The molecule has 3 aromatic rings. The topological polar surface area (TPSA) is 73.8 Å². The highest BCUT2D eigenvalue weighted by molar-refractivity contribution is 6.00. The van der Waals surface area contributed by atoms with Gasteiger partial charge < -0.3 is 5.73 Å². The number of nitrogen functional groups attached to an aromatic ring is 1. The number of fused-ring (bicyclic) bond motifs is 1. The maximum atomic E-state index is 12.3. The molecule has 0 fully saturated rings. The molecule has 0 spiro atoms. The van der Waals surface area contributed by atoms with E-state index in [4.69, 9.17) is 5.73 Å². The molecule has 0 aliphatic rings. The smallest absolute Gasteiger partial charge is 0.280 e. The second-order valence-corrected chi connectivity index (χ2v) is 3.92. The molecule has 2 aromatic carbocycles. The van der Waals surface area contributed by atoms with E-state index in [1.807, 2.05) is 18.2 Å². The lowest BCUT2D eigenvalue weighted by atomic mass is 10.2. The molecule has 0 radical (unpaired) electrons. The molecule has 0 atom stereocenters. The van der Waals surface area contributed by atoms with Crippen molar-refractivity contribution in [1.82, 2.24) is 15.0 Å². The quantitative estimate of drug-likeness (QED) is 0.655. The highest BCUT2D eigenvalue weighted by atomic mass is 16.2. The van der Waals surface area contributed by atoms with Gasteiger partial charge in [-0.15, -0.1) is 5.10 Å². The van der Waals surface area contributed by atoms with Crippen LogP contribution in [0, 0.1) is 0 Å². The Morgan fingerprint density at radius 3 is 2.78 bits per heavy atom. The lowest BCUT2D eigenvalue weighted by Gasteiger charge is -2.02. The number of hydrogen-bond donors (Lipinski definition) is 1. The van der Waals surface area contributed by atoms with Crippen molar-refractivity contribution in [3.05, 3.63) is 54.1 Å². The van der Waals surface area contributed by atoms with Crippen molar-refractivity contribution < 1.29 is 4.79 Å². The van der Waals surface area contributed by atoms with Crippen molar-refractivity contribution in [1.29, 1.82) is 0 Å². The number of nitrogens with two attached hydrogens (primary N) is 1. The number of carbonyl (C=O) groups is 1. The number of para-hydroxylation sites is 1. The van der Waals surface area contributed by atoms with E-state index in [0.717, 1.165) is 0 Å². The van der Waals surface area contributed by atoms with Gasteiger partial charge in [0.25, 0.3) is 5.91 Å². The summed E-state index contributed by atoms with van der Waals surface area (Å²) in [5.74, 6) is -0.240. The zero-order valence-electron chi connectivity index (χ0n) is 9.45. The molecule has 18 heavy (non-hydrogen) atoms. The fourth-order valence-corrected chi connectivity index (χ4v) is 1.81. The summed E-state index contributed by atoms with van der Waals surface area (Å²) in [6.45, 7) is 0. The van der Waals surface area contributed by atoms with E-state index in [1.165, 1.54) is 4.68 Å². The number of aromatic nitrogens is 3. The lowest BCUT2D eigenvalue weighted by Crippen LogP contribution is -2.13. The van der Waals surface area contributed by atoms with Gasteiger partial charge in [0.15, 0.2) is 0 Å². The van der Waals surface area contributed by atoms with Crippen LogP contribution in [-0.2, 0) is 0 Å². The van der Waals surface area contributed by atoms with Gasteiger partial charge in [-0.3, -0.25) is 4.79 Å². The normalized spacial score (nSPS) is 10.7. The average molecular weight is 238 g/mol. The molecule has 0 amide bonds. The third-order valence-electron chi connectivity index (χ3n) is 2.68. The minimum Gasteiger partial charge on any atom is -0.399 e. The van der Waals surface area contributed by atoms with Crippen molar-refractivity contribution in [2.45, 2.75) is 0 Å². The Bertz CT molecular complexity index is 732. The number of anilines is 1. The molecule has 0 saturated heterocycles. The van der Waals surface area contributed by atoms with E-state index in [0.29, 0.717) is 22.3 Å². The summed E-state index contributed by atoms with van der Waals surface area (Å²) in [5.41, 5.74) is 8.08. The summed E-state index contributed by atoms with van der Waals surface area (Å²) in [4.78, 5) is 12.3. The highest BCUT2D eigenvalue weighted by Crippen LogP contribution is 2.13. The Morgan fingerprint density at radius 2 is 1.94 bits per heavy atom. The van der Waals surface area contributed by atoms with Gasteiger partial charge >= 0.3 is 0 Å². The molecule has 3 rings (SSSR count). The van der Waals surface area contributed by atoms with Crippen molar-refractivity contribution in [2.24, 2.45) is 0 Å². The third kappa shape index (κ3) is 1.62. The van der Waals surface area contributed by atoms with Crippen LogP contribution in [0.5, 0.6) is 0 Å². The summed E-state index contributed by atoms with van der Waals surface area (Å²) in [5, 5.41) is 7.83. The molecule has 0 aliphatic heterocycles. The number of hydrogen-bond acceptors (Lipinski definition) is 4. The van der Waals surface area contributed by atoms with E-state index in [9.17, 15) is 4.79 Å². The standard InChI is InChI=1S/C13H10N4O/c14-10-5-3-4-9(8-10)13(18)17-12-7-2-1-6-11(12)15-16-17/h1-8H,14H2. The Morgan fingerprint density at radius 1 is 1.11 bits per heavy atom. The first-order valence-electron chi connectivity index (χ1n) is 5.46. The highest BCUT2D eigenvalue weighted by Gasteiger charge is 2.13. The van der Waals surface area contributed by atoms with Gasteiger partial charge in [-0.05, 0) is 30.3 Å². The summed E-state index contributed by atoms with van der Waals surface area (Å²) in [6.07, 6.45) is 0. The molecule has 0 aliphatic carbocycles. The van der Waals surface area contributed by atoms with Crippen LogP contribution < -0.4 is 5.73 Å². The molecule has 0 unspecified atom stereocenters. The van der Waals surface area contributed by atoms with Gasteiger partial charge in [-0.2, -0.15) is 4.68 Å². The van der Waals surface area contributed by atoms with Crippen LogP contribution in [0.1, 0.15) is 10.4 Å². The van der Waals surface area contributed by atoms with Crippen LogP contribution in [0.2, 0.25) is 0 Å². The predicted octanol–water partition coefficient (Wildman–Crippen LogP) is 1.70. The number of benzene rings is 2. The first kappa shape index (κ1) is 10.5. The summed E-state index contributed by atoms with van der Waals surface area (Å²) < 4.78 is 1.28. The van der Waals surface area contributed by atoms with Crippen LogP contribution in [0.3, 0.4) is 0 Å². The van der Waals surface area contributed by atoms with Crippen LogP contribution >= 0.6 is 0 Å². The van der Waals surface area contributed by atoms with Crippen LogP contribution in [0.15, 0.2) is 48.5 Å². The van der Waals surface area contributed by atoms with Gasteiger partial charge in [0.2, 0.25) is 0 Å². The monoisotopic (exact) mass is 238 g/mol. The SMILES string of the molecule is Nc1cccc(C(=O)n2nnc3ccccc32)c1. The van der Waals surface area contributed by atoms with Crippen molar-refractivity contribution >= 4 is 22.6 Å². The second kappa shape index (κ2) is 3.96. The summed E-state index contributed by atoms with van der Waals surface area (Å²) in [7, 11) is 0. The Balaban J connectivity index is 2.12. The molecular weight excluding hydrogens is 228 g/mol. The Hall–Kier alpha value is -2.69. The Labute approximate surface area is 103 Å². The van der Waals surface area contributed by atoms with E-state index in [1.54, 1.807) is 30.3 Å². The fourth-order valence-electron chi connectivity index (χ4n) is 1.81. The lowest BCUT2D eigenvalue weighted by molar-refractivity contribution is 0.0948. The van der Waals surface area contributed by atoms with Gasteiger partial charge in [-0.1, -0.05) is 23.4 Å². The predicted molar refractivity (Wildman–Crippen MR) is 68.1 cm³/mol. The second-order valence-electron chi connectivity index (χ2n) is 3.92. The number of carbonyl (C=O) groups excluding carboxylic acids is 1. The fraction of sp³-hybridized carbons (Fsp3) is 0. The van der Waals surface area contributed by atoms with Gasteiger partial charge in [0, 0.05) is 11.3 Å². The van der Waals surface area contributed by atoms with Crippen LogP contribution in [-0.4, -0.2) is 20.9 Å². The largest absolute Gasteiger partial charge is 0.399 e. The zero-order chi connectivity index (χ0) is 12.5. The summed E-state index contributed by atoms with van der Waals surface area (Å²) in [6, 6.07) is 14.1. The maximum Gasteiger partial charge on any atom is 0.280 e. The zero-order valence-corrected chi connectivity index (χ0v) is 9.45. The van der Waals surface area contributed by atoms with Crippen LogP contribution in [0.25, 0.3) is 11.0 Å². The van der Waals surface area contributed by atoms with Gasteiger partial charge in [0.05, 0.1) is 5.52 Å². The van der Waals surface area contributed by atoms with E-state index >= 15 is 0 Å². The molecule has 0 saturated carbocycles. The molecule has 2 N–H and O–H groups in total. The minimum atomic E-state index is -0.240. The first-order valence-corrected chi connectivity index (χ1v) is 5.46. The van der Waals surface area contributed by atoms with Crippen LogP contribution in [0.4, 0.5) is 5.69 Å². The van der Waals surface area contributed by atoms with Crippen molar-refractivity contribution in [3.8, 4) is 0 Å². The van der Waals surface area contributed by atoms with Gasteiger partial charge in [-0.25, -0.2) is 0 Å². The molecule has 5 nitrogen and oxygen atoms in total. The maximum absolute atomic E-state index is 12.3. The molecule has 0 bridgehead atoms. The molecular formula is C13H10N4O.